The molecule has 0 aromatic heterocycles. The number of carbonyl (C=O) groups is 1. The van der Waals surface area contributed by atoms with Gasteiger partial charge < -0.3 is 5.32 Å². The maximum absolute atomic E-state index is 12.6. The van der Waals surface area contributed by atoms with E-state index in [4.69, 9.17) is 0 Å². The van der Waals surface area contributed by atoms with Crippen molar-refractivity contribution in [2.24, 2.45) is 5.92 Å². The van der Waals surface area contributed by atoms with Gasteiger partial charge in [-0.25, -0.2) is 0 Å². The van der Waals surface area contributed by atoms with E-state index in [0.29, 0.717) is 12.0 Å². The smallest absolute Gasteiger partial charge is 0.251 e. The molecule has 0 atom stereocenters. The first-order valence-corrected chi connectivity index (χ1v) is 9.90. The van der Waals surface area contributed by atoms with Crippen LogP contribution in [0.1, 0.15) is 70.6 Å². The van der Waals surface area contributed by atoms with E-state index in [9.17, 15) is 4.79 Å². The van der Waals surface area contributed by atoms with Crippen molar-refractivity contribution < 1.29 is 4.79 Å². The highest BCUT2D eigenvalue weighted by molar-refractivity contribution is 5.96. The lowest BCUT2D eigenvalue weighted by Gasteiger charge is -2.23. The monoisotopic (exact) mass is 325 g/mol. The summed E-state index contributed by atoms with van der Waals surface area (Å²) in [5.74, 6) is 0.761. The van der Waals surface area contributed by atoms with Crippen LogP contribution in [0.15, 0.2) is 47.6 Å². The third-order valence-corrected chi connectivity index (χ3v) is 5.66. The molecule has 0 saturated heterocycles. The minimum atomic E-state index is 0.0905. The molecule has 130 valence electrons. The summed E-state index contributed by atoms with van der Waals surface area (Å²) in [6, 6.07) is 0.358. The number of hydrogen-bond acceptors (Lipinski definition) is 1. The highest BCUT2D eigenvalue weighted by Crippen LogP contribution is 2.31. The molecule has 24 heavy (non-hydrogen) atoms. The van der Waals surface area contributed by atoms with Gasteiger partial charge >= 0.3 is 0 Å². The molecule has 3 rings (SSSR count). The summed E-state index contributed by atoms with van der Waals surface area (Å²) in [5.41, 5.74) is 2.18. The molecular formula is C22H31NO. The Morgan fingerprint density at radius 2 is 1.42 bits per heavy atom. The second kappa shape index (κ2) is 9.05. The van der Waals surface area contributed by atoms with Crippen LogP contribution in [0.25, 0.3) is 0 Å². The summed E-state index contributed by atoms with van der Waals surface area (Å²) < 4.78 is 0. The van der Waals surface area contributed by atoms with Gasteiger partial charge in [0.2, 0.25) is 0 Å². The predicted octanol–water partition coefficient (Wildman–Crippen LogP) is 5.38. The third kappa shape index (κ3) is 4.96. The van der Waals surface area contributed by atoms with Gasteiger partial charge in [-0.15, -0.1) is 0 Å². The van der Waals surface area contributed by atoms with Crippen molar-refractivity contribution in [2.75, 3.05) is 0 Å². The van der Waals surface area contributed by atoms with Crippen LogP contribution in [0.4, 0.5) is 0 Å². The summed E-state index contributed by atoms with van der Waals surface area (Å²) in [6.45, 7) is 0. The molecule has 0 heterocycles. The number of allylic oxidation sites excluding steroid dienone is 6. The van der Waals surface area contributed by atoms with Gasteiger partial charge in [0.25, 0.3) is 5.91 Å². The Morgan fingerprint density at radius 1 is 0.792 bits per heavy atom. The minimum absolute atomic E-state index is 0.0905. The fourth-order valence-corrected chi connectivity index (χ4v) is 4.17. The molecule has 2 heteroatoms. The van der Waals surface area contributed by atoms with Crippen LogP contribution >= 0.6 is 0 Å². The molecule has 0 aromatic rings. The van der Waals surface area contributed by atoms with Crippen LogP contribution in [0, 0.1) is 5.92 Å². The summed E-state index contributed by atoms with van der Waals surface area (Å²) >= 11 is 0. The van der Waals surface area contributed by atoms with Crippen LogP contribution in [-0.2, 0) is 4.79 Å². The Kier molecular flexibility index (Phi) is 6.51. The molecule has 0 unspecified atom stereocenters. The van der Waals surface area contributed by atoms with E-state index in [1.54, 1.807) is 0 Å². The maximum atomic E-state index is 12.6. The predicted molar refractivity (Wildman–Crippen MR) is 101 cm³/mol. The topological polar surface area (TPSA) is 29.1 Å². The number of nitrogens with one attached hydrogen (secondary N) is 1. The van der Waals surface area contributed by atoms with Gasteiger partial charge in [-0.3, -0.25) is 4.79 Å². The molecule has 0 bridgehead atoms. The Labute approximate surface area is 146 Å². The SMILES string of the molecule is O=C(NC1CCCCCC1)C1=C/C=C(C2CCCCC2)\C=C/C=C\1. The standard InChI is InChI=1S/C22H31NO/c24-22(23-21-14-6-1-2-7-15-21)20-13-9-8-12-19(16-17-20)18-10-4-3-5-11-18/h8-9,12-13,16-18,21H,1-7,10-11,14-15H2,(H,23,24)/b9-8?,12-8-,13-9-,17-16?,19-12?,19-16+,20-13?,20-17+. The summed E-state index contributed by atoms with van der Waals surface area (Å²) in [7, 11) is 0. The largest absolute Gasteiger partial charge is 0.349 e. The number of carbonyl (C=O) groups excluding carboxylic acids is 1. The zero-order valence-electron chi connectivity index (χ0n) is 14.8. The van der Waals surface area contributed by atoms with Crippen LogP contribution in [0.2, 0.25) is 0 Å². The first-order chi connectivity index (χ1) is 11.8. The molecule has 2 nitrogen and oxygen atoms in total. The van der Waals surface area contributed by atoms with Crippen LogP contribution < -0.4 is 5.32 Å². The molecule has 1 amide bonds. The van der Waals surface area contributed by atoms with Gasteiger partial charge in [0.15, 0.2) is 0 Å². The fourth-order valence-electron chi connectivity index (χ4n) is 4.17. The van der Waals surface area contributed by atoms with Crippen molar-refractivity contribution in [3.8, 4) is 0 Å². The van der Waals surface area contributed by atoms with Gasteiger partial charge in [0.1, 0.15) is 0 Å². The van der Waals surface area contributed by atoms with E-state index in [1.807, 2.05) is 18.2 Å². The first-order valence-electron chi connectivity index (χ1n) is 9.90. The molecule has 2 saturated carbocycles. The van der Waals surface area contributed by atoms with Gasteiger partial charge in [-0.2, -0.15) is 0 Å². The average molecular weight is 325 g/mol. The molecule has 3 aliphatic carbocycles. The van der Waals surface area contributed by atoms with Crippen molar-refractivity contribution in [2.45, 2.75) is 76.7 Å². The summed E-state index contributed by atoms with van der Waals surface area (Å²) in [4.78, 5) is 12.6. The second-order valence-electron chi connectivity index (χ2n) is 7.50. The lowest BCUT2D eigenvalue weighted by atomic mass is 9.83. The third-order valence-electron chi connectivity index (χ3n) is 5.66. The summed E-state index contributed by atoms with van der Waals surface area (Å²) in [6.07, 6.45) is 26.5. The van der Waals surface area contributed by atoms with Gasteiger partial charge in [-0.05, 0) is 49.3 Å². The van der Waals surface area contributed by atoms with E-state index >= 15 is 0 Å². The lowest BCUT2D eigenvalue weighted by molar-refractivity contribution is -0.117. The highest BCUT2D eigenvalue weighted by atomic mass is 16.1. The number of hydrogen-bond donors (Lipinski definition) is 1. The van der Waals surface area contributed by atoms with Crippen molar-refractivity contribution in [3.63, 3.8) is 0 Å². The van der Waals surface area contributed by atoms with E-state index in [0.717, 1.165) is 18.4 Å². The van der Waals surface area contributed by atoms with Gasteiger partial charge in [-0.1, -0.05) is 69.2 Å². The summed E-state index contributed by atoms with van der Waals surface area (Å²) in [5, 5.41) is 3.26. The molecule has 3 aliphatic rings. The van der Waals surface area contributed by atoms with E-state index in [-0.39, 0.29) is 5.91 Å². The molecular weight excluding hydrogens is 294 g/mol. The average Bonchev–Trinajstić information content (AvgIpc) is 2.84. The van der Waals surface area contributed by atoms with Crippen molar-refractivity contribution >= 4 is 5.91 Å². The molecule has 1 N–H and O–H groups in total. The van der Waals surface area contributed by atoms with Gasteiger partial charge in [0.05, 0.1) is 0 Å². The molecule has 2 fully saturated rings. The molecule has 0 aliphatic heterocycles. The van der Waals surface area contributed by atoms with Crippen molar-refractivity contribution in [1.29, 1.82) is 0 Å². The Morgan fingerprint density at radius 3 is 2.17 bits per heavy atom. The molecule has 0 radical (unpaired) electrons. The number of rotatable bonds is 3. The Balaban J connectivity index is 1.65. The molecule has 0 aromatic carbocycles. The zero-order valence-corrected chi connectivity index (χ0v) is 14.8. The zero-order chi connectivity index (χ0) is 16.6. The Bertz CT molecular complexity index is 538. The van der Waals surface area contributed by atoms with E-state index in [2.05, 4.69) is 23.5 Å². The second-order valence-corrected chi connectivity index (χ2v) is 7.50. The maximum Gasteiger partial charge on any atom is 0.251 e. The van der Waals surface area contributed by atoms with Crippen molar-refractivity contribution in [3.05, 3.63) is 47.6 Å². The van der Waals surface area contributed by atoms with Gasteiger partial charge in [0, 0.05) is 11.6 Å². The van der Waals surface area contributed by atoms with Crippen LogP contribution in [-0.4, -0.2) is 11.9 Å². The quantitative estimate of drug-likeness (QED) is 0.693. The van der Waals surface area contributed by atoms with Crippen molar-refractivity contribution in [1.82, 2.24) is 5.32 Å². The molecule has 0 spiro atoms. The Hall–Kier alpha value is -1.57. The first kappa shape index (κ1) is 17.3. The minimum Gasteiger partial charge on any atom is -0.349 e. The number of amides is 1. The fraction of sp³-hybridized carbons (Fsp3) is 0.591. The van der Waals surface area contributed by atoms with E-state index < -0.39 is 0 Å². The van der Waals surface area contributed by atoms with Crippen LogP contribution in [0.5, 0.6) is 0 Å². The lowest BCUT2D eigenvalue weighted by Crippen LogP contribution is -2.35. The highest BCUT2D eigenvalue weighted by Gasteiger charge is 2.18. The normalized spacial score (nSPS) is 30.7. The van der Waals surface area contributed by atoms with E-state index in [1.165, 1.54) is 63.4 Å². The van der Waals surface area contributed by atoms with Crippen LogP contribution in [0.3, 0.4) is 0 Å².